The highest BCUT2D eigenvalue weighted by atomic mass is 16.6. The molecule has 110 valence electrons. The first-order valence-electron chi connectivity index (χ1n) is 6.78. The van der Waals surface area contributed by atoms with Crippen LogP contribution in [-0.4, -0.2) is 11.5 Å². The highest BCUT2D eigenvalue weighted by Crippen LogP contribution is 2.19. The predicted octanol–water partition coefficient (Wildman–Crippen LogP) is 3.24. The molecule has 0 aromatic heterocycles. The minimum Gasteiger partial charge on any atom is -0.493 e. The second-order valence-corrected chi connectivity index (χ2v) is 4.84. The Morgan fingerprint density at radius 1 is 1.19 bits per heavy atom. The molecule has 0 spiro atoms. The van der Waals surface area contributed by atoms with Crippen molar-refractivity contribution >= 4 is 5.69 Å². The average Bonchev–Trinajstić information content (AvgIpc) is 2.48. The molecule has 0 amide bonds. The summed E-state index contributed by atoms with van der Waals surface area (Å²) in [5.74, 6) is 0.734. The molecule has 2 aromatic rings. The third-order valence-corrected chi connectivity index (χ3v) is 3.23. The standard InChI is InChI=1S/C16H18N2O3/c1-12(17)13-6-8-15(9-7-13)21-11-10-14-4-2-3-5-16(14)18(19)20/h2-9,12H,10-11,17H2,1H3/t12-/m1/s1. The van der Waals surface area contributed by atoms with Gasteiger partial charge in [0.25, 0.3) is 5.69 Å². The minimum absolute atomic E-state index is 0.00832. The minimum atomic E-state index is -0.368. The van der Waals surface area contributed by atoms with E-state index in [4.69, 9.17) is 10.5 Å². The monoisotopic (exact) mass is 286 g/mol. The zero-order valence-electron chi connectivity index (χ0n) is 11.9. The van der Waals surface area contributed by atoms with E-state index in [-0.39, 0.29) is 16.7 Å². The normalized spacial score (nSPS) is 11.9. The summed E-state index contributed by atoms with van der Waals surface area (Å²) in [5, 5.41) is 10.9. The molecule has 0 bridgehead atoms. The summed E-state index contributed by atoms with van der Waals surface area (Å²) >= 11 is 0. The Kier molecular flexibility index (Phi) is 4.90. The average molecular weight is 286 g/mol. The van der Waals surface area contributed by atoms with Crippen LogP contribution in [0, 0.1) is 10.1 Å². The van der Waals surface area contributed by atoms with Crippen LogP contribution in [0.15, 0.2) is 48.5 Å². The Morgan fingerprint density at radius 3 is 2.48 bits per heavy atom. The number of ether oxygens (including phenoxy) is 1. The van der Waals surface area contributed by atoms with Crippen molar-refractivity contribution in [1.29, 1.82) is 0 Å². The summed E-state index contributed by atoms with van der Waals surface area (Å²) in [6.07, 6.45) is 0.492. The summed E-state index contributed by atoms with van der Waals surface area (Å²) in [5.41, 5.74) is 7.63. The van der Waals surface area contributed by atoms with Gasteiger partial charge in [-0.25, -0.2) is 0 Å². The lowest BCUT2D eigenvalue weighted by Gasteiger charge is -2.09. The van der Waals surface area contributed by atoms with E-state index >= 15 is 0 Å². The maximum Gasteiger partial charge on any atom is 0.272 e. The van der Waals surface area contributed by atoms with Crippen LogP contribution in [0.4, 0.5) is 5.69 Å². The van der Waals surface area contributed by atoms with Gasteiger partial charge in [-0.2, -0.15) is 0 Å². The van der Waals surface area contributed by atoms with Crippen LogP contribution in [0.2, 0.25) is 0 Å². The van der Waals surface area contributed by atoms with Crippen LogP contribution in [-0.2, 0) is 6.42 Å². The molecule has 2 N–H and O–H groups in total. The van der Waals surface area contributed by atoms with Crippen molar-refractivity contribution < 1.29 is 9.66 Å². The van der Waals surface area contributed by atoms with Crippen LogP contribution >= 0.6 is 0 Å². The highest BCUT2D eigenvalue weighted by Gasteiger charge is 2.11. The molecular weight excluding hydrogens is 268 g/mol. The van der Waals surface area contributed by atoms with Crippen LogP contribution in [0.3, 0.4) is 0 Å². The van der Waals surface area contributed by atoms with Gasteiger partial charge in [-0.05, 0) is 24.6 Å². The number of nitrogens with two attached hydrogens (primary N) is 1. The number of hydrogen-bond donors (Lipinski definition) is 1. The lowest BCUT2D eigenvalue weighted by molar-refractivity contribution is -0.385. The number of hydrogen-bond acceptors (Lipinski definition) is 4. The highest BCUT2D eigenvalue weighted by molar-refractivity contribution is 5.40. The smallest absolute Gasteiger partial charge is 0.272 e. The molecule has 5 nitrogen and oxygen atoms in total. The van der Waals surface area contributed by atoms with E-state index in [0.717, 1.165) is 11.3 Å². The van der Waals surface area contributed by atoms with Gasteiger partial charge in [0.1, 0.15) is 5.75 Å². The number of nitro groups is 1. The van der Waals surface area contributed by atoms with Crippen molar-refractivity contribution in [1.82, 2.24) is 0 Å². The molecule has 5 heteroatoms. The van der Waals surface area contributed by atoms with E-state index in [1.54, 1.807) is 18.2 Å². The fraction of sp³-hybridized carbons (Fsp3) is 0.250. The summed E-state index contributed by atoms with van der Waals surface area (Å²) < 4.78 is 5.62. The van der Waals surface area contributed by atoms with E-state index in [2.05, 4.69) is 0 Å². The van der Waals surface area contributed by atoms with Crippen molar-refractivity contribution in [2.45, 2.75) is 19.4 Å². The van der Waals surface area contributed by atoms with Gasteiger partial charge in [0.05, 0.1) is 11.5 Å². The van der Waals surface area contributed by atoms with Crippen LogP contribution < -0.4 is 10.5 Å². The van der Waals surface area contributed by atoms with Crippen molar-refractivity contribution in [2.75, 3.05) is 6.61 Å². The Morgan fingerprint density at radius 2 is 1.86 bits per heavy atom. The fourth-order valence-electron chi connectivity index (χ4n) is 2.05. The molecule has 2 rings (SSSR count). The predicted molar refractivity (Wildman–Crippen MR) is 81.3 cm³/mol. The van der Waals surface area contributed by atoms with E-state index in [0.29, 0.717) is 18.6 Å². The van der Waals surface area contributed by atoms with Gasteiger partial charge in [0.15, 0.2) is 0 Å². The van der Waals surface area contributed by atoms with Gasteiger partial charge >= 0.3 is 0 Å². The summed E-state index contributed by atoms with van der Waals surface area (Å²) in [6.45, 7) is 2.31. The molecule has 0 aliphatic rings. The summed E-state index contributed by atoms with van der Waals surface area (Å²) in [7, 11) is 0. The van der Waals surface area contributed by atoms with Crippen LogP contribution in [0.5, 0.6) is 5.75 Å². The molecule has 0 aliphatic carbocycles. The molecule has 2 aromatic carbocycles. The number of benzene rings is 2. The van der Waals surface area contributed by atoms with Crippen molar-refractivity contribution in [3.63, 3.8) is 0 Å². The van der Waals surface area contributed by atoms with Crippen LogP contribution in [0.1, 0.15) is 24.1 Å². The van der Waals surface area contributed by atoms with Gasteiger partial charge < -0.3 is 10.5 Å². The molecule has 0 aliphatic heterocycles. The third-order valence-electron chi connectivity index (χ3n) is 3.23. The van der Waals surface area contributed by atoms with Gasteiger partial charge in [-0.15, -0.1) is 0 Å². The van der Waals surface area contributed by atoms with E-state index in [9.17, 15) is 10.1 Å². The summed E-state index contributed by atoms with van der Waals surface area (Å²) in [6, 6.07) is 14.3. The molecule has 21 heavy (non-hydrogen) atoms. The van der Waals surface area contributed by atoms with Gasteiger partial charge in [-0.3, -0.25) is 10.1 Å². The molecular formula is C16H18N2O3. The molecule has 0 fully saturated rings. The molecule has 0 heterocycles. The van der Waals surface area contributed by atoms with E-state index in [1.807, 2.05) is 31.2 Å². The first kappa shape index (κ1) is 15.0. The van der Waals surface area contributed by atoms with E-state index < -0.39 is 0 Å². The number of rotatable bonds is 6. The quantitative estimate of drug-likeness (QED) is 0.653. The van der Waals surface area contributed by atoms with Crippen molar-refractivity contribution in [3.05, 3.63) is 69.8 Å². The number of nitro benzene ring substituents is 1. The Hall–Kier alpha value is -2.40. The van der Waals surface area contributed by atoms with Gasteiger partial charge in [-0.1, -0.05) is 30.3 Å². The van der Waals surface area contributed by atoms with Gasteiger partial charge in [0.2, 0.25) is 0 Å². The topological polar surface area (TPSA) is 78.4 Å². The number of para-hydroxylation sites is 1. The fourth-order valence-corrected chi connectivity index (χ4v) is 2.05. The SMILES string of the molecule is C[C@@H](N)c1ccc(OCCc2ccccc2[N+](=O)[O-])cc1. The first-order valence-corrected chi connectivity index (χ1v) is 6.78. The van der Waals surface area contributed by atoms with Crippen LogP contribution in [0.25, 0.3) is 0 Å². The molecule has 1 atom stereocenters. The van der Waals surface area contributed by atoms with Crippen molar-refractivity contribution in [3.8, 4) is 5.75 Å². The second-order valence-electron chi connectivity index (χ2n) is 4.84. The second kappa shape index (κ2) is 6.85. The molecule has 0 saturated carbocycles. The first-order chi connectivity index (χ1) is 10.1. The van der Waals surface area contributed by atoms with Crippen molar-refractivity contribution in [2.24, 2.45) is 5.73 Å². The number of nitrogens with zero attached hydrogens (tertiary/aromatic N) is 1. The lowest BCUT2D eigenvalue weighted by atomic mass is 10.1. The largest absolute Gasteiger partial charge is 0.493 e. The lowest BCUT2D eigenvalue weighted by Crippen LogP contribution is -2.06. The molecule has 0 radical (unpaired) electrons. The zero-order chi connectivity index (χ0) is 15.2. The van der Waals surface area contributed by atoms with E-state index in [1.165, 1.54) is 6.07 Å². The zero-order valence-corrected chi connectivity index (χ0v) is 11.9. The summed E-state index contributed by atoms with van der Waals surface area (Å²) in [4.78, 5) is 10.5. The molecule has 0 unspecified atom stereocenters. The maximum atomic E-state index is 10.9. The Balaban J connectivity index is 1.94. The Bertz CT molecular complexity index is 609. The van der Waals surface area contributed by atoms with Gasteiger partial charge in [0, 0.05) is 24.1 Å². The Labute approximate surface area is 123 Å². The molecule has 0 saturated heterocycles. The third kappa shape index (κ3) is 4.03. The maximum absolute atomic E-state index is 10.9.